The summed E-state index contributed by atoms with van der Waals surface area (Å²) in [5.41, 5.74) is 1.89. The van der Waals surface area contributed by atoms with E-state index in [2.05, 4.69) is 5.32 Å². The van der Waals surface area contributed by atoms with Gasteiger partial charge in [-0.3, -0.25) is 4.79 Å². The standard InChI is InChI=1S/C19H22ClNO3/c1-4-18(24-16-8-9-17(20)13(2)10-16)19(22)21-12-14-6-5-7-15(11-14)23-3/h5-11,18H,4,12H2,1-3H3,(H,21,22). The number of hydrogen-bond acceptors (Lipinski definition) is 3. The van der Waals surface area contributed by atoms with Gasteiger partial charge in [-0.2, -0.15) is 0 Å². The van der Waals surface area contributed by atoms with Crippen LogP contribution in [0.15, 0.2) is 42.5 Å². The Bertz CT molecular complexity index is 703. The van der Waals surface area contributed by atoms with E-state index in [0.29, 0.717) is 23.7 Å². The average molecular weight is 348 g/mol. The maximum Gasteiger partial charge on any atom is 0.261 e. The second kappa shape index (κ2) is 8.60. The highest BCUT2D eigenvalue weighted by Crippen LogP contribution is 2.22. The Labute approximate surface area is 147 Å². The van der Waals surface area contributed by atoms with Crippen LogP contribution in [0.4, 0.5) is 0 Å². The third kappa shape index (κ3) is 4.90. The Hall–Kier alpha value is -2.20. The predicted octanol–water partition coefficient (Wildman–Crippen LogP) is 4.13. The normalized spacial score (nSPS) is 11.7. The van der Waals surface area contributed by atoms with E-state index in [4.69, 9.17) is 21.1 Å². The third-order valence-corrected chi connectivity index (χ3v) is 4.10. The lowest BCUT2D eigenvalue weighted by molar-refractivity contribution is -0.128. The van der Waals surface area contributed by atoms with E-state index in [0.717, 1.165) is 16.9 Å². The van der Waals surface area contributed by atoms with Crippen LogP contribution >= 0.6 is 11.6 Å². The fourth-order valence-corrected chi connectivity index (χ4v) is 2.38. The van der Waals surface area contributed by atoms with Gasteiger partial charge in [0.25, 0.3) is 5.91 Å². The number of rotatable bonds is 7. The zero-order chi connectivity index (χ0) is 17.5. The molecule has 0 bridgehead atoms. The zero-order valence-corrected chi connectivity index (χ0v) is 14.9. The molecule has 0 radical (unpaired) electrons. The molecule has 0 aromatic heterocycles. The first-order valence-electron chi connectivity index (χ1n) is 7.87. The van der Waals surface area contributed by atoms with Gasteiger partial charge in [0.15, 0.2) is 6.10 Å². The summed E-state index contributed by atoms with van der Waals surface area (Å²) in [6.45, 7) is 4.24. The van der Waals surface area contributed by atoms with Crippen molar-refractivity contribution in [1.82, 2.24) is 5.32 Å². The molecule has 0 saturated heterocycles. The van der Waals surface area contributed by atoms with Gasteiger partial charge in [-0.05, 0) is 54.8 Å². The zero-order valence-electron chi connectivity index (χ0n) is 14.1. The van der Waals surface area contributed by atoms with Gasteiger partial charge in [-0.1, -0.05) is 30.7 Å². The van der Waals surface area contributed by atoms with Crippen LogP contribution < -0.4 is 14.8 Å². The van der Waals surface area contributed by atoms with Crippen LogP contribution in [0.25, 0.3) is 0 Å². The average Bonchev–Trinajstić information content (AvgIpc) is 2.60. The molecule has 128 valence electrons. The van der Waals surface area contributed by atoms with Gasteiger partial charge in [0.2, 0.25) is 0 Å². The number of nitrogens with one attached hydrogen (secondary N) is 1. The maximum atomic E-state index is 12.4. The van der Waals surface area contributed by atoms with Gasteiger partial charge < -0.3 is 14.8 Å². The first kappa shape index (κ1) is 18.1. The molecule has 2 aromatic carbocycles. The molecular formula is C19H22ClNO3. The summed E-state index contributed by atoms with van der Waals surface area (Å²) < 4.78 is 11.0. The Morgan fingerprint density at radius 3 is 2.67 bits per heavy atom. The molecule has 4 nitrogen and oxygen atoms in total. The molecule has 0 aliphatic heterocycles. The van der Waals surface area contributed by atoms with Crippen LogP contribution in [0.1, 0.15) is 24.5 Å². The highest BCUT2D eigenvalue weighted by atomic mass is 35.5. The number of benzene rings is 2. The number of aryl methyl sites for hydroxylation is 1. The predicted molar refractivity (Wildman–Crippen MR) is 95.7 cm³/mol. The van der Waals surface area contributed by atoms with Crippen molar-refractivity contribution < 1.29 is 14.3 Å². The fourth-order valence-electron chi connectivity index (χ4n) is 2.26. The van der Waals surface area contributed by atoms with Crippen molar-refractivity contribution in [2.75, 3.05) is 7.11 Å². The van der Waals surface area contributed by atoms with E-state index in [1.54, 1.807) is 19.2 Å². The quantitative estimate of drug-likeness (QED) is 0.819. The Kier molecular flexibility index (Phi) is 6.50. The molecule has 0 heterocycles. The number of ether oxygens (including phenoxy) is 2. The highest BCUT2D eigenvalue weighted by Gasteiger charge is 2.18. The van der Waals surface area contributed by atoms with E-state index in [1.807, 2.05) is 44.2 Å². The molecule has 0 saturated carbocycles. The van der Waals surface area contributed by atoms with Crippen LogP contribution in [0, 0.1) is 6.92 Å². The Morgan fingerprint density at radius 1 is 1.21 bits per heavy atom. The molecule has 2 rings (SSSR count). The highest BCUT2D eigenvalue weighted by molar-refractivity contribution is 6.31. The van der Waals surface area contributed by atoms with Crippen molar-refractivity contribution >= 4 is 17.5 Å². The SMILES string of the molecule is CCC(Oc1ccc(Cl)c(C)c1)C(=O)NCc1cccc(OC)c1. The minimum absolute atomic E-state index is 0.145. The summed E-state index contributed by atoms with van der Waals surface area (Å²) >= 11 is 6.01. The number of halogens is 1. The van der Waals surface area contributed by atoms with Crippen molar-refractivity contribution in [2.24, 2.45) is 0 Å². The van der Waals surface area contributed by atoms with Gasteiger partial charge in [0.1, 0.15) is 11.5 Å². The molecule has 2 aromatic rings. The number of amides is 1. The van der Waals surface area contributed by atoms with E-state index >= 15 is 0 Å². The lowest BCUT2D eigenvalue weighted by Crippen LogP contribution is -2.37. The molecule has 1 N–H and O–H groups in total. The summed E-state index contributed by atoms with van der Waals surface area (Å²) in [6.07, 6.45) is 0.0298. The largest absolute Gasteiger partial charge is 0.497 e. The van der Waals surface area contributed by atoms with Crippen molar-refractivity contribution in [1.29, 1.82) is 0 Å². The van der Waals surface area contributed by atoms with Gasteiger partial charge in [-0.15, -0.1) is 0 Å². The number of carbonyl (C=O) groups excluding carboxylic acids is 1. The van der Waals surface area contributed by atoms with Crippen molar-refractivity contribution in [3.8, 4) is 11.5 Å². The van der Waals surface area contributed by atoms with Gasteiger partial charge >= 0.3 is 0 Å². The molecule has 1 amide bonds. The molecule has 1 atom stereocenters. The number of hydrogen-bond donors (Lipinski definition) is 1. The van der Waals surface area contributed by atoms with Gasteiger partial charge in [-0.25, -0.2) is 0 Å². The van der Waals surface area contributed by atoms with Crippen LogP contribution in [0.5, 0.6) is 11.5 Å². The Balaban J connectivity index is 1.96. The van der Waals surface area contributed by atoms with E-state index in [1.165, 1.54) is 0 Å². The van der Waals surface area contributed by atoms with Gasteiger partial charge in [0.05, 0.1) is 7.11 Å². The first-order chi connectivity index (χ1) is 11.5. The topological polar surface area (TPSA) is 47.6 Å². The summed E-state index contributed by atoms with van der Waals surface area (Å²) in [5.74, 6) is 1.26. The van der Waals surface area contributed by atoms with Crippen LogP contribution in [0.3, 0.4) is 0 Å². The smallest absolute Gasteiger partial charge is 0.261 e. The summed E-state index contributed by atoms with van der Waals surface area (Å²) in [5, 5.41) is 3.58. The van der Waals surface area contributed by atoms with Crippen molar-refractivity contribution in [2.45, 2.75) is 32.9 Å². The molecular weight excluding hydrogens is 326 g/mol. The van der Waals surface area contributed by atoms with Crippen LogP contribution in [-0.4, -0.2) is 19.1 Å². The second-order valence-electron chi connectivity index (χ2n) is 5.50. The summed E-state index contributed by atoms with van der Waals surface area (Å²) in [6, 6.07) is 13.0. The molecule has 24 heavy (non-hydrogen) atoms. The molecule has 0 fully saturated rings. The van der Waals surface area contributed by atoms with Gasteiger partial charge in [0, 0.05) is 11.6 Å². The minimum atomic E-state index is -0.545. The van der Waals surface area contributed by atoms with E-state index in [9.17, 15) is 4.79 Å². The monoisotopic (exact) mass is 347 g/mol. The van der Waals surface area contributed by atoms with E-state index in [-0.39, 0.29) is 5.91 Å². The second-order valence-corrected chi connectivity index (χ2v) is 5.90. The molecule has 0 aliphatic rings. The lowest BCUT2D eigenvalue weighted by atomic mass is 10.2. The maximum absolute atomic E-state index is 12.4. The van der Waals surface area contributed by atoms with Crippen LogP contribution in [-0.2, 0) is 11.3 Å². The van der Waals surface area contributed by atoms with Crippen LogP contribution in [0.2, 0.25) is 5.02 Å². The summed E-state index contributed by atoms with van der Waals surface area (Å²) in [7, 11) is 1.62. The number of carbonyl (C=O) groups is 1. The minimum Gasteiger partial charge on any atom is -0.497 e. The fraction of sp³-hybridized carbons (Fsp3) is 0.316. The third-order valence-electron chi connectivity index (χ3n) is 3.67. The lowest BCUT2D eigenvalue weighted by Gasteiger charge is -2.18. The summed E-state index contributed by atoms with van der Waals surface area (Å²) in [4.78, 5) is 12.4. The first-order valence-corrected chi connectivity index (χ1v) is 8.24. The van der Waals surface area contributed by atoms with Crippen molar-refractivity contribution in [3.63, 3.8) is 0 Å². The van der Waals surface area contributed by atoms with E-state index < -0.39 is 6.10 Å². The van der Waals surface area contributed by atoms with Crippen molar-refractivity contribution in [3.05, 3.63) is 58.6 Å². The molecule has 0 aliphatic carbocycles. The molecule has 1 unspecified atom stereocenters. The molecule has 5 heteroatoms. The molecule has 0 spiro atoms. The number of methoxy groups -OCH3 is 1. The Morgan fingerprint density at radius 2 is 2.00 bits per heavy atom.